The molecule has 0 aliphatic heterocycles. The first kappa shape index (κ1) is 40.6. The molecule has 65 heavy (non-hydrogen) atoms. The zero-order valence-corrected chi connectivity index (χ0v) is 36.6. The lowest BCUT2D eigenvalue weighted by Gasteiger charge is -2.15. The maximum atomic E-state index is 7.35. The van der Waals surface area contributed by atoms with Crippen LogP contribution in [0.15, 0.2) is 229 Å². The fourth-order valence-corrected chi connectivity index (χ4v) is 9.02. The van der Waals surface area contributed by atoms with Crippen molar-refractivity contribution in [3.8, 4) is 27.9 Å². The van der Waals surface area contributed by atoms with E-state index >= 15 is 0 Å². The van der Waals surface area contributed by atoms with Gasteiger partial charge in [0.05, 0.1) is 33.5 Å². The topological polar surface area (TPSA) is 74.3 Å². The molecule has 9 aromatic carbocycles. The van der Waals surface area contributed by atoms with E-state index in [1.165, 1.54) is 38.6 Å². The van der Waals surface area contributed by atoms with Gasteiger partial charge in [-0.15, -0.1) is 0 Å². The lowest BCUT2D eigenvalue weighted by atomic mass is 10.0. The Morgan fingerprint density at radius 1 is 0.508 bits per heavy atom. The molecule has 0 fully saturated rings. The number of rotatable bonds is 7. The van der Waals surface area contributed by atoms with Gasteiger partial charge >= 0.3 is 0 Å². The number of aliphatic imine (C=N–C) groups is 1. The molecule has 0 unspecified atom stereocenters. The molecule has 11 rings (SSSR count). The summed E-state index contributed by atoms with van der Waals surface area (Å²) in [5.74, 6) is 0.371. The number of aromatic nitrogens is 2. The fourth-order valence-electron chi connectivity index (χ4n) is 9.02. The molecule has 11 aromatic rings. The van der Waals surface area contributed by atoms with Crippen LogP contribution in [0.1, 0.15) is 22.3 Å². The maximum absolute atomic E-state index is 7.35. The van der Waals surface area contributed by atoms with Gasteiger partial charge in [-0.2, -0.15) is 0 Å². The Bertz CT molecular complexity index is 3510. The molecule has 2 heterocycles. The van der Waals surface area contributed by atoms with Crippen molar-refractivity contribution >= 4 is 61.0 Å². The van der Waals surface area contributed by atoms with Gasteiger partial charge in [0.2, 0.25) is 5.96 Å². The van der Waals surface area contributed by atoms with Crippen LogP contribution in [0.4, 0.5) is 5.69 Å². The molecule has 0 atom stereocenters. The molecular formula is C60H49N5. The summed E-state index contributed by atoms with van der Waals surface area (Å²) in [5.41, 5.74) is 29.8. The summed E-state index contributed by atoms with van der Waals surface area (Å²) in [6.45, 7) is 4.17. The number of nitrogens with two attached hydrogens (primary N) is 2. The Morgan fingerprint density at radius 3 is 1.74 bits per heavy atom. The molecule has 0 amide bonds. The average Bonchev–Trinajstić information content (AvgIpc) is 3.88. The SMILES string of the molecule is Cc1c(N)ccc2c1c1cccc(-n3c4ccccc4c4cc(-c5ccccc5)ccc43)c1n2C(N)=N/C(=C\Cc1ccccc1)c1ccc(-c2ccccc2)cc1.Cc1ccccc1. The molecule has 314 valence electrons. The fraction of sp³-hybridized carbons (Fsp3) is 0.0500. The zero-order chi connectivity index (χ0) is 44.3. The van der Waals surface area contributed by atoms with Gasteiger partial charge in [0.1, 0.15) is 0 Å². The van der Waals surface area contributed by atoms with Crippen molar-refractivity contribution in [3.63, 3.8) is 0 Å². The molecule has 5 heteroatoms. The number of hydrogen-bond donors (Lipinski definition) is 2. The van der Waals surface area contributed by atoms with Gasteiger partial charge in [-0.25, -0.2) is 4.99 Å². The molecule has 0 bridgehead atoms. The normalized spacial score (nSPS) is 11.9. The lowest BCUT2D eigenvalue weighted by molar-refractivity contribution is 1.15. The molecule has 0 radical (unpaired) electrons. The van der Waals surface area contributed by atoms with E-state index < -0.39 is 0 Å². The van der Waals surface area contributed by atoms with Crippen LogP contribution in [-0.4, -0.2) is 15.1 Å². The van der Waals surface area contributed by atoms with E-state index in [-0.39, 0.29) is 0 Å². The van der Waals surface area contributed by atoms with Gasteiger partial charge in [-0.3, -0.25) is 4.57 Å². The second-order valence-electron chi connectivity index (χ2n) is 16.5. The first-order valence-electron chi connectivity index (χ1n) is 22.1. The van der Waals surface area contributed by atoms with Gasteiger partial charge in [0.25, 0.3) is 0 Å². The van der Waals surface area contributed by atoms with Gasteiger partial charge in [-0.05, 0) is 95.6 Å². The molecule has 5 nitrogen and oxygen atoms in total. The van der Waals surface area contributed by atoms with E-state index in [4.69, 9.17) is 16.5 Å². The summed E-state index contributed by atoms with van der Waals surface area (Å²) in [5, 5.41) is 4.49. The number of nitrogen functional groups attached to an aromatic ring is 1. The van der Waals surface area contributed by atoms with Crippen molar-refractivity contribution in [1.82, 2.24) is 9.13 Å². The molecule has 0 aliphatic carbocycles. The minimum atomic E-state index is 0.371. The third-order valence-electron chi connectivity index (χ3n) is 12.3. The Labute approximate surface area is 379 Å². The van der Waals surface area contributed by atoms with Crippen LogP contribution >= 0.6 is 0 Å². The Kier molecular flexibility index (Phi) is 11.1. The molecule has 0 spiro atoms. The third kappa shape index (κ3) is 7.96. The predicted octanol–water partition coefficient (Wildman–Crippen LogP) is 14.6. The smallest absolute Gasteiger partial charge is 0.205 e. The number of hydrogen-bond acceptors (Lipinski definition) is 2. The van der Waals surface area contributed by atoms with E-state index in [0.29, 0.717) is 12.4 Å². The molecule has 0 aliphatic rings. The Morgan fingerprint density at radius 2 is 1.06 bits per heavy atom. The van der Waals surface area contributed by atoms with Crippen LogP contribution in [0.25, 0.3) is 77.2 Å². The molecule has 4 N–H and O–H groups in total. The van der Waals surface area contributed by atoms with E-state index in [1.54, 1.807) is 0 Å². The number of anilines is 1. The first-order valence-corrected chi connectivity index (χ1v) is 22.1. The summed E-state index contributed by atoms with van der Waals surface area (Å²) in [6, 6.07) is 76.3. The number of aryl methyl sites for hydroxylation is 2. The summed E-state index contributed by atoms with van der Waals surface area (Å²) in [4.78, 5) is 5.33. The van der Waals surface area contributed by atoms with Crippen LogP contribution in [0.5, 0.6) is 0 Å². The minimum absolute atomic E-state index is 0.371. The van der Waals surface area contributed by atoms with Crippen molar-refractivity contribution < 1.29 is 0 Å². The van der Waals surface area contributed by atoms with Gasteiger partial charge in [0, 0.05) is 27.2 Å². The highest BCUT2D eigenvalue weighted by molar-refractivity contribution is 6.20. The summed E-state index contributed by atoms with van der Waals surface area (Å²) < 4.78 is 4.50. The molecule has 2 aromatic heterocycles. The summed E-state index contributed by atoms with van der Waals surface area (Å²) >= 11 is 0. The number of para-hydroxylation sites is 2. The quantitative estimate of drug-likeness (QED) is 0.0953. The minimum Gasteiger partial charge on any atom is -0.398 e. The number of allylic oxidation sites excluding steroid dienone is 1. The average molecular weight is 840 g/mol. The van der Waals surface area contributed by atoms with Crippen molar-refractivity contribution in [2.45, 2.75) is 20.3 Å². The zero-order valence-electron chi connectivity index (χ0n) is 36.6. The van der Waals surface area contributed by atoms with Crippen LogP contribution in [0.2, 0.25) is 0 Å². The molecular weight excluding hydrogens is 791 g/mol. The maximum Gasteiger partial charge on any atom is 0.205 e. The first-order chi connectivity index (χ1) is 31.9. The number of fused-ring (bicyclic) bond motifs is 6. The standard InChI is InChI=1S/C53H41N5.C7H8/c1-35-45(54)30-33-49-51(35)43-21-13-23-50(57-47-22-12-11-20-42(47)44-34-41(29-32-48(44)57)38-18-9-4-10-19-38)52(43)58(49)53(55)56-46(31-24-36-14-5-2-6-15-36)40-27-25-39(26-28-40)37-16-7-3-8-17-37;1-7-5-3-2-4-6-7/h2-23,25-34H,24,54H2,1H3,(H2,55,56);2-6H,1H3/b46-31-;. The van der Waals surface area contributed by atoms with E-state index in [2.05, 4.69) is 211 Å². The van der Waals surface area contributed by atoms with Crippen LogP contribution in [0, 0.1) is 13.8 Å². The highest BCUT2D eigenvalue weighted by atomic mass is 15.2. The second kappa shape index (κ2) is 17.8. The monoisotopic (exact) mass is 839 g/mol. The number of benzene rings is 9. The summed E-state index contributed by atoms with van der Waals surface area (Å²) in [6.07, 6.45) is 2.88. The largest absolute Gasteiger partial charge is 0.398 e. The highest BCUT2D eigenvalue weighted by Crippen LogP contribution is 2.41. The summed E-state index contributed by atoms with van der Waals surface area (Å²) in [7, 11) is 0. The van der Waals surface area contributed by atoms with E-state index in [9.17, 15) is 0 Å². The van der Waals surface area contributed by atoms with Gasteiger partial charge in [-0.1, -0.05) is 194 Å². The lowest BCUT2D eigenvalue weighted by Crippen LogP contribution is -2.23. The van der Waals surface area contributed by atoms with E-state index in [1.807, 2.05) is 36.4 Å². The third-order valence-corrected chi connectivity index (χ3v) is 12.3. The second-order valence-corrected chi connectivity index (χ2v) is 16.5. The van der Waals surface area contributed by atoms with Crippen molar-refractivity contribution in [3.05, 3.63) is 247 Å². The van der Waals surface area contributed by atoms with Crippen molar-refractivity contribution in [2.75, 3.05) is 5.73 Å². The molecule has 0 saturated heterocycles. The van der Waals surface area contributed by atoms with Crippen LogP contribution in [0.3, 0.4) is 0 Å². The molecule has 0 saturated carbocycles. The Hall–Kier alpha value is -8.41. The van der Waals surface area contributed by atoms with Crippen LogP contribution in [-0.2, 0) is 6.42 Å². The van der Waals surface area contributed by atoms with Gasteiger partial charge in [0.15, 0.2) is 0 Å². The van der Waals surface area contributed by atoms with Gasteiger partial charge < -0.3 is 16.0 Å². The van der Waals surface area contributed by atoms with Crippen molar-refractivity contribution in [1.29, 1.82) is 0 Å². The van der Waals surface area contributed by atoms with E-state index in [0.717, 1.165) is 66.6 Å². The predicted molar refractivity (Wildman–Crippen MR) is 277 cm³/mol. The highest BCUT2D eigenvalue weighted by Gasteiger charge is 2.22. The Balaban J connectivity index is 0.000000652. The van der Waals surface area contributed by atoms with Crippen molar-refractivity contribution in [2.24, 2.45) is 10.7 Å². The van der Waals surface area contributed by atoms with Crippen LogP contribution < -0.4 is 11.5 Å². The number of nitrogens with zero attached hydrogens (tertiary/aromatic N) is 3.